The topological polar surface area (TPSA) is 29.3 Å². The third-order valence-corrected chi connectivity index (χ3v) is 4.62. The van der Waals surface area contributed by atoms with Crippen LogP contribution in [-0.4, -0.2) is 24.0 Å². The molecule has 1 aliphatic carbocycles. The average molecular weight is 248 g/mol. The predicted octanol–water partition coefficient (Wildman–Crippen LogP) is 2.48. The van der Waals surface area contributed by atoms with Crippen LogP contribution in [0.15, 0.2) is 18.2 Å². The van der Waals surface area contributed by atoms with E-state index in [2.05, 4.69) is 17.9 Å². The Hall–Kier alpha value is -0.930. The summed E-state index contributed by atoms with van der Waals surface area (Å²) in [5.74, 6) is 0.570. The maximum atomic E-state index is 13.7. The lowest BCUT2D eigenvalue weighted by Gasteiger charge is -2.25. The molecular weight excluding hydrogens is 227 g/mol. The smallest absolute Gasteiger partial charge is 0.126 e. The molecule has 0 aromatic heterocycles. The van der Waals surface area contributed by atoms with Gasteiger partial charge in [-0.3, -0.25) is 4.90 Å². The molecule has 1 aromatic carbocycles. The third-order valence-electron chi connectivity index (χ3n) is 4.62. The van der Waals surface area contributed by atoms with Gasteiger partial charge in [-0.2, -0.15) is 0 Å². The summed E-state index contributed by atoms with van der Waals surface area (Å²) in [5.41, 5.74) is 8.14. The van der Waals surface area contributed by atoms with Gasteiger partial charge in [-0.25, -0.2) is 4.39 Å². The lowest BCUT2D eigenvalue weighted by Crippen LogP contribution is -2.31. The zero-order chi connectivity index (χ0) is 12.7. The molecule has 1 aromatic rings. The molecule has 0 spiro atoms. The zero-order valence-corrected chi connectivity index (χ0v) is 10.9. The number of nitrogens with two attached hydrogens (primary N) is 1. The number of likely N-dealkylation sites (tertiary alicyclic amines) is 1. The van der Waals surface area contributed by atoms with Crippen molar-refractivity contribution >= 4 is 0 Å². The van der Waals surface area contributed by atoms with Gasteiger partial charge in [-0.15, -0.1) is 0 Å². The van der Waals surface area contributed by atoms with E-state index < -0.39 is 0 Å². The first kappa shape index (κ1) is 12.1. The Kier molecular flexibility index (Phi) is 3.12. The van der Waals surface area contributed by atoms with Crippen molar-refractivity contribution in [2.24, 2.45) is 11.7 Å². The van der Waals surface area contributed by atoms with Crippen molar-refractivity contribution in [3.8, 4) is 0 Å². The van der Waals surface area contributed by atoms with Crippen molar-refractivity contribution in [2.45, 2.75) is 38.3 Å². The SMILES string of the molecule is CC(N)C1CCN(C2CCc3c(F)cccc32)C1. The number of fused-ring (bicyclic) bond motifs is 1. The molecule has 98 valence electrons. The molecule has 0 saturated carbocycles. The minimum atomic E-state index is -0.0297. The summed E-state index contributed by atoms with van der Waals surface area (Å²) in [6.07, 6.45) is 3.12. The number of hydrogen-bond donors (Lipinski definition) is 1. The van der Waals surface area contributed by atoms with Crippen LogP contribution in [-0.2, 0) is 6.42 Å². The van der Waals surface area contributed by atoms with Crippen LogP contribution in [0.3, 0.4) is 0 Å². The van der Waals surface area contributed by atoms with Crippen molar-refractivity contribution in [3.05, 3.63) is 35.1 Å². The number of rotatable bonds is 2. The second-order valence-corrected chi connectivity index (χ2v) is 5.76. The van der Waals surface area contributed by atoms with Crippen LogP contribution in [0.4, 0.5) is 4.39 Å². The van der Waals surface area contributed by atoms with Crippen LogP contribution in [0.25, 0.3) is 0 Å². The molecule has 2 N–H and O–H groups in total. The summed E-state index contributed by atoms with van der Waals surface area (Å²) in [7, 11) is 0. The molecule has 3 heteroatoms. The summed E-state index contributed by atoms with van der Waals surface area (Å²) in [6, 6.07) is 6.19. The highest BCUT2D eigenvalue weighted by Crippen LogP contribution is 2.39. The molecule has 3 unspecified atom stereocenters. The number of halogens is 1. The fraction of sp³-hybridized carbons (Fsp3) is 0.600. The first-order chi connectivity index (χ1) is 8.66. The predicted molar refractivity (Wildman–Crippen MR) is 70.8 cm³/mol. The molecule has 3 rings (SSSR count). The van der Waals surface area contributed by atoms with E-state index in [4.69, 9.17) is 5.73 Å². The monoisotopic (exact) mass is 248 g/mol. The second-order valence-electron chi connectivity index (χ2n) is 5.76. The third kappa shape index (κ3) is 1.95. The highest BCUT2D eigenvalue weighted by atomic mass is 19.1. The normalized spacial score (nSPS) is 29.5. The van der Waals surface area contributed by atoms with Gasteiger partial charge in [0, 0.05) is 18.6 Å². The van der Waals surface area contributed by atoms with Gasteiger partial charge < -0.3 is 5.73 Å². The average Bonchev–Trinajstić information content (AvgIpc) is 2.94. The van der Waals surface area contributed by atoms with Crippen LogP contribution >= 0.6 is 0 Å². The van der Waals surface area contributed by atoms with Crippen LogP contribution in [0.1, 0.15) is 36.9 Å². The van der Waals surface area contributed by atoms with Crippen LogP contribution in [0.2, 0.25) is 0 Å². The van der Waals surface area contributed by atoms with E-state index in [1.54, 1.807) is 6.07 Å². The largest absolute Gasteiger partial charge is 0.328 e. The molecule has 2 nitrogen and oxygen atoms in total. The van der Waals surface area contributed by atoms with Gasteiger partial charge in [0.25, 0.3) is 0 Å². The van der Waals surface area contributed by atoms with Gasteiger partial charge in [0.15, 0.2) is 0 Å². The molecule has 0 bridgehead atoms. The van der Waals surface area contributed by atoms with Gasteiger partial charge >= 0.3 is 0 Å². The molecule has 3 atom stereocenters. The Morgan fingerprint density at radius 1 is 1.39 bits per heavy atom. The first-order valence-corrected chi connectivity index (χ1v) is 6.93. The molecule has 1 fully saturated rings. The van der Waals surface area contributed by atoms with Gasteiger partial charge in [-0.05, 0) is 55.8 Å². The summed E-state index contributed by atoms with van der Waals surface area (Å²) in [6.45, 7) is 4.27. The minimum Gasteiger partial charge on any atom is -0.328 e. The fourth-order valence-electron chi connectivity index (χ4n) is 3.49. The van der Waals surface area contributed by atoms with Gasteiger partial charge in [0.1, 0.15) is 5.82 Å². The highest BCUT2D eigenvalue weighted by Gasteiger charge is 2.34. The highest BCUT2D eigenvalue weighted by molar-refractivity contribution is 5.35. The molecule has 0 amide bonds. The first-order valence-electron chi connectivity index (χ1n) is 6.93. The van der Waals surface area contributed by atoms with Crippen molar-refractivity contribution in [1.29, 1.82) is 0 Å². The Labute approximate surface area is 108 Å². The van der Waals surface area contributed by atoms with E-state index in [1.807, 2.05) is 6.07 Å². The zero-order valence-electron chi connectivity index (χ0n) is 10.9. The summed E-state index contributed by atoms with van der Waals surface area (Å²) < 4.78 is 13.7. The van der Waals surface area contributed by atoms with Crippen LogP contribution < -0.4 is 5.73 Å². The van der Waals surface area contributed by atoms with Gasteiger partial charge in [-0.1, -0.05) is 12.1 Å². The van der Waals surface area contributed by atoms with Crippen molar-refractivity contribution in [3.63, 3.8) is 0 Å². The molecule has 0 radical (unpaired) electrons. The summed E-state index contributed by atoms with van der Waals surface area (Å²) in [5, 5.41) is 0. The molecule has 2 aliphatic rings. The lowest BCUT2D eigenvalue weighted by molar-refractivity contribution is 0.232. The maximum Gasteiger partial charge on any atom is 0.126 e. The lowest BCUT2D eigenvalue weighted by atomic mass is 10.0. The van der Waals surface area contributed by atoms with Crippen LogP contribution in [0, 0.1) is 11.7 Å². The molecule has 1 aliphatic heterocycles. The van der Waals surface area contributed by atoms with Crippen molar-refractivity contribution < 1.29 is 4.39 Å². The maximum absolute atomic E-state index is 13.7. The van der Waals surface area contributed by atoms with Crippen LogP contribution in [0.5, 0.6) is 0 Å². The molecule has 1 heterocycles. The number of benzene rings is 1. The molecule has 18 heavy (non-hydrogen) atoms. The minimum absolute atomic E-state index is 0.0297. The fourth-order valence-corrected chi connectivity index (χ4v) is 3.49. The van der Waals surface area contributed by atoms with E-state index in [0.29, 0.717) is 12.0 Å². The van der Waals surface area contributed by atoms with Gasteiger partial charge in [0.05, 0.1) is 0 Å². The summed E-state index contributed by atoms with van der Waals surface area (Å²) in [4.78, 5) is 2.50. The van der Waals surface area contributed by atoms with Gasteiger partial charge in [0.2, 0.25) is 0 Å². The Balaban J connectivity index is 1.79. The van der Waals surface area contributed by atoms with E-state index in [9.17, 15) is 4.39 Å². The van der Waals surface area contributed by atoms with E-state index in [1.165, 1.54) is 12.0 Å². The number of nitrogens with zero attached hydrogens (tertiary/aromatic N) is 1. The Morgan fingerprint density at radius 3 is 2.94 bits per heavy atom. The Bertz CT molecular complexity index is 444. The second kappa shape index (κ2) is 4.63. The standard InChI is InChI=1S/C15H21FN2/c1-10(17)11-7-8-18(9-11)15-6-5-12-13(15)3-2-4-14(12)16/h2-4,10-11,15H,5-9,17H2,1H3. The molecular formula is C15H21FN2. The Morgan fingerprint density at radius 2 is 2.22 bits per heavy atom. The van der Waals surface area contributed by atoms with E-state index >= 15 is 0 Å². The van der Waals surface area contributed by atoms with E-state index in [-0.39, 0.29) is 11.9 Å². The number of hydrogen-bond acceptors (Lipinski definition) is 2. The van der Waals surface area contributed by atoms with E-state index in [0.717, 1.165) is 31.5 Å². The van der Waals surface area contributed by atoms with Crippen molar-refractivity contribution in [1.82, 2.24) is 4.90 Å². The molecule has 1 saturated heterocycles. The van der Waals surface area contributed by atoms with Crippen molar-refractivity contribution in [2.75, 3.05) is 13.1 Å². The summed E-state index contributed by atoms with van der Waals surface area (Å²) >= 11 is 0. The quantitative estimate of drug-likeness (QED) is 0.871.